The smallest absolute Gasteiger partial charge is 0.346 e. The molecule has 0 aliphatic heterocycles. The van der Waals surface area contributed by atoms with Crippen molar-refractivity contribution in [1.29, 1.82) is 0 Å². The first kappa shape index (κ1) is 16.9. The third kappa shape index (κ3) is 4.73. The van der Waals surface area contributed by atoms with Crippen molar-refractivity contribution >= 4 is 11.8 Å². The molecule has 1 rings (SSSR count). The predicted octanol–water partition coefficient (Wildman–Crippen LogP) is 0.0279. The maximum absolute atomic E-state index is 11.9. The fraction of sp³-hybridized carbons (Fsp3) is 0.692. The van der Waals surface area contributed by atoms with Crippen LogP contribution in [-0.2, 0) is 18.9 Å². The van der Waals surface area contributed by atoms with Crippen LogP contribution in [0.15, 0.2) is 9.59 Å². The van der Waals surface area contributed by atoms with Crippen molar-refractivity contribution in [2.45, 2.75) is 26.7 Å². The van der Waals surface area contributed by atoms with Crippen molar-refractivity contribution < 1.29 is 9.90 Å². The Morgan fingerprint density at radius 1 is 1.33 bits per heavy atom. The minimum Gasteiger partial charge on any atom is -0.481 e. The molecule has 118 valence electrons. The summed E-state index contributed by atoms with van der Waals surface area (Å²) in [7, 11) is 2.83. The molecular formula is C13H22N4O4. The number of aryl methyl sites for hydroxylation is 1. The third-order valence-electron chi connectivity index (χ3n) is 3.15. The second-order valence-electron chi connectivity index (χ2n) is 5.59. The highest BCUT2D eigenvalue weighted by Crippen LogP contribution is 2.15. The Balaban J connectivity index is 2.87. The highest BCUT2D eigenvalue weighted by Gasteiger charge is 2.16. The van der Waals surface area contributed by atoms with Crippen molar-refractivity contribution in [3.05, 3.63) is 20.8 Å². The summed E-state index contributed by atoms with van der Waals surface area (Å²) in [5.41, 5.74) is -1.02. The minimum atomic E-state index is -0.872. The molecule has 0 aliphatic carbocycles. The Bertz CT molecular complexity index is 618. The van der Waals surface area contributed by atoms with Crippen molar-refractivity contribution in [3.63, 3.8) is 0 Å². The number of hydrogen-bond acceptors (Lipinski definition) is 5. The molecule has 0 bridgehead atoms. The van der Waals surface area contributed by atoms with Crippen LogP contribution in [0.25, 0.3) is 0 Å². The Hall–Kier alpha value is -2.12. The van der Waals surface area contributed by atoms with Gasteiger partial charge in [0.2, 0.25) is 5.82 Å². The van der Waals surface area contributed by atoms with E-state index in [0.29, 0.717) is 12.5 Å². The van der Waals surface area contributed by atoms with Gasteiger partial charge in [0, 0.05) is 27.1 Å². The summed E-state index contributed by atoms with van der Waals surface area (Å²) in [5, 5.41) is 15.7. The molecule has 0 amide bonds. The summed E-state index contributed by atoms with van der Waals surface area (Å²) >= 11 is 0. The molecule has 8 heteroatoms. The predicted molar refractivity (Wildman–Crippen MR) is 78.4 cm³/mol. The first-order valence-electron chi connectivity index (χ1n) is 6.82. The number of hydrogen-bond donors (Lipinski definition) is 2. The Kier molecular flexibility index (Phi) is 5.69. The number of anilines is 1. The van der Waals surface area contributed by atoms with E-state index in [0.717, 1.165) is 15.7 Å². The van der Waals surface area contributed by atoms with Crippen LogP contribution < -0.4 is 16.6 Å². The zero-order valence-corrected chi connectivity index (χ0v) is 12.8. The molecule has 0 radical (unpaired) electrons. The van der Waals surface area contributed by atoms with Gasteiger partial charge in [-0.15, -0.1) is 5.10 Å². The highest BCUT2D eigenvalue weighted by atomic mass is 16.4. The lowest BCUT2D eigenvalue weighted by Gasteiger charge is -2.18. The molecule has 1 unspecified atom stereocenters. The first-order valence-corrected chi connectivity index (χ1v) is 6.82. The monoisotopic (exact) mass is 298 g/mol. The topological polar surface area (TPSA) is 106 Å². The molecule has 1 heterocycles. The lowest BCUT2D eigenvalue weighted by atomic mass is 9.94. The maximum Gasteiger partial charge on any atom is 0.346 e. The van der Waals surface area contributed by atoms with Crippen LogP contribution in [0.3, 0.4) is 0 Å². The number of carboxylic acid groups (broad SMARTS) is 1. The van der Waals surface area contributed by atoms with E-state index in [9.17, 15) is 14.4 Å². The summed E-state index contributed by atoms with van der Waals surface area (Å²) in [6.07, 6.45) is 0.753. The second-order valence-corrected chi connectivity index (χ2v) is 5.59. The average molecular weight is 298 g/mol. The number of carboxylic acids is 1. The molecule has 1 atom stereocenters. The van der Waals surface area contributed by atoms with Gasteiger partial charge in [-0.25, -0.2) is 9.48 Å². The van der Waals surface area contributed by atoms with E-state index < -0.39 is 17.2 Å². The quantitative estimate of drug-likeness (QED) is 0.735. The van der Waals surface area contributed by atoms with Gasteiger partial charge in [-0.2, -0.15) is 0 Å². The molecule has 1 aromatic heterocycles. The summed E-state index contributed by atoms with van der Waals surface area (Å²) in [6, 6.07) is 0. The van der Waals surface area contributed by atoms with E-state index in [1.807, 2.05) is 13.8 Å². The van der Waals surface area contributed by atoms with Crippen molar-refractivity contribution in [3.8, 4) is 0 Å². The number of nitrogens with one attached hydrogen (secondary N) is 1. The van der Waals surface area contributed by atoms with Crippen LogP contribution in [0.4, 0.5) is 5.82 Å². The standard InChI is InChI=1S/C13H22N4O4/c1-8(2)5-9(6-10(18)19)7-14-11-12(20)16(3)13(21)17(4)15-11/h8-9H,5-7H2,1-4H3,(H,14,15)(H,18,19). The number of aromatic nitrogens is 3. The Morgan fingerprint density at radius 2 is 1.95 bits per heavy atom. The number of rotatable bonds is 7. The van der Waals surface area contributed by atoms with Crippen molar-refractivity contribution in [2.24, 2.45) is 25.9 Å². The van der Waals surface area contributed by atoms with E-state index >= 15 is 0 Å². The summed E-state index contributed by atoms with van der Waals surface area (Å²) in [4.78, 5) is 34.3. The van der Waals surface area contributed by atoms with Crippen LogP contribution in [0.1, 0.15) is 26.7 Å². The van der Waals surface area contributed by atoms with Gasteiger partial charge in [-0.3, -0.25) is 14.2 Å². The third-order valence-corrected chi connectivity index (χ3v) is 3.15. The van der Waals surface area contributed by atoms with Gasteiger partial charge in [0.25, 0.3) is 5.56 Å². The maximum atomic E-state index is 11.9. The summed E-state index contributed by atoms with van der Waals surface area (Å²) < 4.78 is 2.03. The first-order chi connectivity index (χ1) is 9.72. The fourth-order valence-electron chi connectivity index (χ4n) is 2.20. The van der Waals surface area contributed by atoms with E-state index in [1.54, 1.807) is 0 Å². The molecule has 0 saturated carbocycles. The van der Waals surface area contributed by atoms with Crippen LogP contribution in [0.5, 0.6) is 0 Å². The lowest BCUT2D eigenvalue weighted by Crippen LogP contribution is -2.40. The van der Waals surface area contributed by atoms with Gasteiger partial charge in [-0.1, -0.05) is 13.8 Å². The summed E-state index contributed by atoms with van der Waals surface area (Å²) in [6.45, 7) is 4.35. The zero-order chi connectivity index (χ0) is 16.2. The van der Waals surface area contributed by atoms with Crippen molar-refractivity contribution in [2.75, 3.05) is 11.9 Å². The summed E-state index contributed by atoms with van der Waals surface area (Å²) in [5.74, 6) is -0.569. The Labute approximate surface area is 122 Å². The van der Waals surface area contributed by atoms with Gasteiger partial charge in [0.15, 0.2) is 0 Å². The van der Waals surface area contributed by atoms with Gasteiger partial charge < -0.3 is 10.4 Å². The molecule has 1 aromatic rings. The Morgan fingerprint density at radius 3 is 2.48 bits per heavy atom. The average Bonchev–Trinajstić information content (AvgIpc) is 2.37. The molecule has 2 N–H and O–H groups in total. The van der Waals surface area contributed by atoms with E-state index in [-0.39, 0.29) is 18.2 Å². The van der Waals surface area contributed by atoms with E-state index in [1.165, 1.54) is 14.1 Å². The molecule has 0 fully saturated rings. The van der Waals surface area contributed by atoms with Gasteiger partial charge in [0.1, 0.15) is 0 Å². The van der Waals surface area contributed by atoms with Gasteiger partial charge in [-0.05, 0) is 18.3 Å². The molecule has 0 aliphatic rings. The largest absolute Gasteiger partial charge is 0.481 e. The zero-order valence-electron chi connectivity index (χ0n) is 12.8. The molecule has 8 nitrogen and oxygen atoms in total. The van der Waals surface area contributed by atoms with Crippen LogP contribution in [-0.4, -0.2) is 32.0 Å². The number of nitrogens with zero attached hydrogens (tertiary/aromatic N) is 3. The minimum absolute atomic E-state index is 0.0251. The van der Waals surface area contributed by atoms with Crippen molar-refractivity contribution in [1.82, 2.24) is 14.3 Å². The van der Waals surface area contributed by atoms with E-state index in [2.05, 4.69) is 10.4 Å². The SMILES string of the molecule is CC(C)CC(CNc1nn(C)c(=O)n(C)c1=O)CC(=O)O. The van der Waals surface area contributed by atoms with Crippen LogP contribution in [0, 0.1) is 11.8 Å². The molecule has 0 saturated heterocycles. The highest BCUT2D eigenvalue weighted by molar-refractivity contribution is 5.67. The lowest BCUT2D eigenvalue weighted by molar-refractivity contribution is -0.138. The van der Waals surface area contributed by atoms with Crippen LogP contribution >= 0.6 is 0 Å². The second kappa shape index (κ2) is 7.05. The number of carbonyl (C=O) groups is 1. The molecule has 0 spiro atoms. The molecule has 21 heavy (non-hydrogen) atoms. The van der Waals surface area contributed by atoms with E-state index in [4.69, 9.17) is 5.11 Å². The molecular weight excluding hydrogens is 276 g/mol. The molecule has 0 aromatic carbocycles. The number of aliphatic carboxylic acids is 1. The fourth-order valence-corrected chi connectivity index (χ4v) is 2.20. The van der Waals surface area contributed by atoms with Gasteiger partial charge >= 0.3 is 11.7 Å². The van der Waals surface area contributed by atoms with Gasteiger partial charge in [0.05, 0.1) is 0 Å². The van der Waals surface area contributed by atoms with Crippen LogP contribution in [0.2, 0.25) is 0 Å². The normalized spacial score (nSPS) is 12.4.